The second-order valence-electron chi connectivity index (χ2n) is 5.63. The highest BCUT2D eigenvalue weighted by molar-refractivity contribution is 7.17. The lowest BCUT2D eigenvalue weighted by Gasteiger charge is -2.18. The van der Waals surface area contributed by atoms with Gasteiger partial charge in [-0.1, -0.05) is 6.08 Å². The third-order valence-electron chi connectivity index (χ3n) is 4.35. The Morgan fingerprint density at radius 2 is 2.09 bits per heavy atom. The second kappa shape index (κ2) is 5.29. The van der Waals surface area contributed by atoms with Crippen LogP contribution in [0.5, 0.6) is 5.75 Å². The summed E-state index contributed by atoms with van der Waals surface area (Å²) in [6, 6.07) is 7.99. The quantitative estimate of drug-likeness (QED) is 0.690. The normalized spacial score (nSPS) is 15.2. The molecule has 2 aromatic heterocycles. The molecule has 0 aliphatic heterocycles. The summed E-state index contributed by atoms with van der Waals surface area (Å²) >= 11 is 1.52. The van der Waals surface area contributed by atoms with Crippen LogP contribution < -0.4 is 10.3 Å². The van der Waals surface area contributed by atoms with Gasteiger partial charge >= 0.3 is 0 Å². The monoisotopic (exact) mass is 311 g/mol. The minimum atomic E-state index is 0.107. The lowest BCUT2D eigenvalue weighted by atomic mass is 10.0. The average molecular weight is 311 g/mol. The van der Waals surface area contributed by atoms with E-state index in [1.54, 1.807) is 7.11 Å². The number of nitrogens with zero attached hydrogens (tertiary/aromatic N) is 1. The van der Waals surface area contributed by atoms with Crippen LogP contribution in [0.2, 0.25) is 0 Å². The minimum absolute atomic E-state index is 0.107. The van der Waals surface area contributed by atoms with Crippen LogP contribution in [-0.4, -0.2) is 11.7 Å². The number of allylic oxidation sites excluding steroid dienone is 2. The average Bonchev–Trinajstić information content (AvgIpc) is 3.06. The van der Waals surface area contributed by atoms with E-state index in [0.717, 1.165) is 51.7 Å². The Kier molecular flexibility index (Phi) is 3.26. The van der Waals surface area contributed by atoms with E-state index >= 15 is 0 Å². The molecule has 1 aliphatic carbocycles. The summed E-state index contributed by atoms with van der Waals surface area (Å²) in [4.78, 5) is 13.0. The first-order chi connectivity index (χ1) is 10.8. The zero-order chi connectivity index (χ0) is 15.1. The molecule has 0 saturated heterocycles. The SMILES string of the molecule is COc1ccc2c(c1)c1ccsc1c(=O)n2C1=CCCCC1. The van der Waals surface area contributed by atoms with Crippen molar-refractivity contribution in [1.29, 1.82) is 0 Å². The van der Waals surface area contributed by atoms with E-state index in [9.17, 15) is 4.79 Å². The Bertz CT molecular complexity index is 949. The third-order valence-corrected chi connectivity index (χ3v) is 5.25. The molecular weight excluding hydrogens is 294 g/mol. The van der Waals surface area contributed by atoms with Crippen molar-refractivity contribution in [3.63, 3.8) is 0 Å². The van der Waals surface area contributed by atoms with E-state index < -0.39 is 0 Å². The van der Waals surface area contributed by atoms with Crippen molar-refractivity contribution in [2.45, 2.75) is 25.7 Å². The van der Waals surface area contributed by atoms with Crippen LogP contribution in [0.4, 0.5) is 0 Å². The van der Waals surface area contributed by atoms with Crippen LogP contribution >= 0.6 is 11.3 Å². The zero-order valence-electron chi connectivity index (χ0n) is 12.5. The zero-order valence-corrected chi connectivity index (χ0v) is 13.3. The number of pyridine rings is 1. The largest absolute Gasteiger partial charge is 0.497 e. The van der Waals surface area contributed by atoms with Crippen molar-refractivity contribution < 1.29 is 4.74 Å². The predicted octanol–water partition coefficient (Wildman–Crippen LogP) is 4.64. The number of hydrogen-bond acceptors (Lipinski definition) is 3. The Balaban J connectivity index is 2.15. The molecule has 4 rings (SSSR count). The molecule has 3 nitrogen and oxygen atoms in total. The van der Waals surface area contributed by atoms with Gasteiger partial charge in [0.1, 0.15) is 10.4 Å². The predicted molar refractivity (Wildman–Crippen MR) is 92.9 cm³/mol. The summed E-state index contributed by atoms with van der Waals surface area (Å²) in [6.07, 6.45) is 6.61. The molecule has 0 saturated carbocycles. The number of ether oxygens (including phenoxy) is 1. The van der Waals surface area contributed by atoms with Gasteiger partial charge in [-0.25, -0.2) is 0 Å². The minimum Gasteiger partial charge on any atom is -0.497 e. The first kappa shape index (κ1) is 13.6. The van der Waals surface area contributed by atoms with Gasteiger partial charge in [0.25, 0.3) is 5.56 Å². The number of methoxy groups -OCH3 is 1. The van der Waals surface area contributed by atoms with Gasteiger partial charge in [-0.05, 0) is 55.3 Å². The molecule has 112 valence electrons. The maximum Gasteiger partial charge on any atom is 0.273 e. The van der Waals surface area contributed by atoms with E-state index in [-0.39, 0.29) is 5.56 Å². The van der Waals surface area contributed by atoms with Gasteiger partial charge in [0.15, 0.2) is 0 Å². The Morgan fingerprint density at radius 3 is 2.86 bits per heavy atom. The highest BCUT2D eigenvalue weighted by atomic mass is 32.1. The van der Waals surface area contributed by atoms with Crippen molar-refractivity contribution in [1.82, 2.24) is 4.57 Å². The van der Waals surface area contributed by atoms with Crippen LogP contribution in [0.3, 0.4) is 0 Å². The maximum atomic E-state index is 13.0. The molecule has 0 unspecified atom stereocenters. The summed E-state index contributed by atoms with van der Waals surface area (Å²) in [7, 11) is 1.67. The maximum absolute atomic E-state index is 13.0. The topological polar surface area (TPSA) is 31.2 Å². The fourth-order valence-electron chi connectivity index (χ4n) is 3.26. The van der Waals surface area contributed by atoms with Crippen LogP contribution in [0.25, 0.3) is 26.7 Å². The fourth-order valence-corrected chi connectivity index (χ4v) is 4.10. The Labute approximate surface area is 132 Å². The van der Waals surface area contributed by atoms with Gasteiger partial charge in [-0.3, -0.25) is 9.36 Å². The smallest absolute Gasteiger partial charge is 0.273 e. The molecule has 2 heterocycles. The molecule has 1 aromatic carbocycles. The van der Waals surface area contributed by atoms with Crippen LogP contribution in [0.15, 0.2) is 40.5 Å². The van der Waals surface area contributed by atoms with E-state index in [0.29, 0.717) is 0 Å². The number of benzene rings is 1. The lowest BCUT2D eigenvalue weighted by Crippen LogP contribution is -2.20. The van der Waals surface area contributed by atoms with E-state index in [4.69, 9.17) is 4.74 Å². The number of rotatable bonds is 2. The molecular formula is C18H17NO2S. The lowest BCUT2D eigenvalue weighted by molar-refractivity contribution is 0.415. The molecule has 0 radical (unpaired) electrons. The van der Waals surface area contributed by atoms with Crippen molar-refractivity contribution >= 4 is 38.0 Å². The number of thiophene rings is 1. The summed E-state index contributed by atoms with van der Waals surface area (Å²) < 4.78 is 8.10. The van der Waals surface area contributed by atoms with Crippen molar-refractivity contribution in [3.8, 4) is 5.75 Å². The van der Waals surface area contributed by atoms with Gasteiger partial charge < -0.3 is 4.74 Å². The Morgan fingerprint density at radius 1 is 1.18 bits per heavy atom. The first-order valence-electron chi connectivity index (χ1n) is 7.59. The molecule has 1 aliphatic rings. The summed E-state index contributed by atoms with van der Waals surface area (Å²) in [5.41, 5.74) is 2.22. The van der Waals surface area contributed by atoms with E-state index in [1.165, 1.54) is 17.8 Å². The number of aromatic nitrogens is 1. The first-order valence-corrected chi connectivity index (χ1v) is 8.47. The van der Waals surface area contributed by atoms with Crippen molar-refractivity contribution in [3.05, 3.63) is 46.1 Å². The molecule has 0 bridgehead atoms. The van der Waals surface area contributed by atoms with Crippen molar-refractivity contribution in [2.24, 2.45) is 0 Å². The fraction of sp³-hybridized carbons (Fsp3) is 0.278. The standard InChI is InChI=1S/C18H17NO2S/c1-21-13-7-8-16-15(11-13)14-9-10-22-17(14)18(20)19(16)12-5-3-2-4-6-12/h5,7-11H,2-4,6H2,1H3. The van der Waals surface area contributed by atoms with E-state index in [1.807, 2.05) is 34.2 Å². The van der Waals surface area contributed by atoms with Gasteiger partial charge in [0.2, 0.25) is 0 Å². The van der Waals surface area contributed by atoms with Gasteiger partial charge in [-0.2, -0.15) is 0 Å². The highest BCUT2D eigenvalue weighted by Gasteiger charge is 2.16. The molecule has 0 amide bonds. The number of hydrogen-bond donors (Lipinski definition) is 0. The Hall–Kier alpha value is -2.07. The number of fused-ring (bicyclic) bond motifs is 3. The molecule has 0 spiro atoms. The second-order valence-corrected chi connectivity index (χ2v) is 6.54. The molecule has 0 atom stereocenters. The van der Waals surface area contributed by atoms with Gasteiger partial charge in [-0.15, -0.1) is 11.3 Å². The van der Waals surface area contributed by atoms with Gasteiger partial charge in [0, 0.05) is 16.5 Å². The third kappa shape index (κ3) is 1.98. The molecule has 0 N–H and O–H groups in total. The molecule has 4 heteroatoms. The van der Waals surface area contributed by atoms with Crippen molar-refractivity contribution in [2.75, 3.05) is 7.11 Å². The van der Waals surface area contributed by atoms with E-state index in [2.05, 4.69) is 6.08 Å². The molecule has 3 aromatic rings. The van der Waals surface area contributed by atoms with Gasteiger partial charge in [0.05, 0.1) is 12.6 Å². The highest BCUT2D eigenvalue weighted by Crippen LogP contribution is 2.32. The molecule has 0 fully saturated rings. The molecule has 22 heavy (non-hydrogen) atoms. The summed E-state index contributed by atoms with van der Waals surface area (Å²) in [5, 5.41) is 4.10. The summed E-state index contributed by atoms with van der Waals surface area (Å²) in [6.45, 7) is 0. The van der Waals surface area contributed by atoms with Crippen LogP contribution in [0.1, 0.15) is 25.7 Å². The van der Waals surface area contributed by atoms with Crippen LogP contribution in [-0.2, 0) is 0 Å². The van der Waals surface area contributed by atoms with Crippen LogP contribution in [0, 0.1) is 0 Å². The summed E-state index contributed by atoms with van der Waals surface area (Å²) in [5.74, 6) is 0.822.